The van der Waals surface area contributed by atoms with E-state index in [9.17, 15) is 13.2 Å². The third-order valence-corrected chi connectivity index (χ3v) is 5.86. The van der Waals surface area contributed by atoms with Crippen molar-refractivity contribution in [2.75, 3.05) is 13.7 Å². The molecule has 0 spiro atoms. The van der Waals surface area contributed by atoms with E-state index in [2.05, 4.69) is 4.72 Å². The molecule has 0 unspecified atom stereocenters. The summed E-state index contributed by atoms with van der Waals surface area (Å²) in [6.45, 7) is 5.23. The van der Waals surface area contributed by atoms with Crippen LogP contribution in [0.5, 0.6) is 5.75 Å². The van der Waals surface area contributed by atoms with Crippen molar-refractivity contribution in [2.24, 2.45) is 0 Å². The summed E-state index contributed by atoms with van der Waals surface area (Å²) in [6, 6.07) is 8.69. The van der Waals surface area contributed by atoms with Crippen LogP contribution < -0.4 is 9.46 Å². The summed E-state index contributed by atoms with van der Waals surface area (Å²) in [5.74, 6) is 0.577. The minimum absolute atomic E-state index is 0.0828. The zero-order chi connectivity index (χ0) is 18.9. The zero-order valence-electron chi connectivity index (χ0n) is 15.1. The molecule has 0 radical (unpaired) electrons. The number of nitrogens with zero attached hydrogens (tertiary/aromatic N) is 2. The lowest BCUT2D eigenvalue weighted by Crippen LogP contribution is -2.43. The zero-order valence-corrected chi connectivity index (χ0v) is 15.9. The third-order valence-electron chi connectivity index (χ3n) is 4.49. The van der Waals surface area contributed by atoms with E-state index < -0.39 is 10.0 Å². The lowest BCUT2D eigenvalue weighted by Gasteiger charge is -2.31. The maximum atomic E-state index is 12.6. The van der Waals surface area contributed by atoms with Gasteiger partial charge in [0.25, 0.3) is 5.91 Å². The van der Waals surface area contributed by atoms with Gasteiger partial charge in [0.2, 0.25) is 10.0 Å². The standard InChI is InChI=1S/C18H23N3O4S/c1-13(2)21-9-8-20-12-16(10-17(20)18(21)22)26(23,24)19-11-14-4-6-15(25-3)7-5-14/h4-7,10,12-13,19H,8-9,11H2,1-3H3. The van der Waals surface area contributed by atoms with Crippen molar-refractivity contribution in [1.82, 2.24) is 14.2 Å². The third kappa shape index (κ3) is 3.61. The van der Waals surface area contributed by atoms with Gasteiger partial charge in [-0.05, 0) is 37.6 Å². The van der Waals surface area contributed by atoms with Crippen LogP contribution in [0.25, 0.3) is 0 Å². The van der Waals surface area contributed by atoms with Crippen molar-refractivity contribution in [2.45, 2.75) is 37.9 Å². The first-order valence-corrected chi connectivity index (χ1v) is 9.94. The molecule has 0 atom stereocenters. The van der Waals surface area contributed by atoms with Gasteiger partial charge in [-0.25, -0.2) is 13.1 Å². The Morgan fingerprint density at radius 2 is 1.88 bits per heavy atom. The van der Waals surface area contributed by atoms with Crippen molar-refractivity contribution < 1.29 is 17.9 Å². The molecule has 2 heterocycles. The number of rotatable bonds is 6. The first-order valence-electron chi connectivity index (χ1n) is 8.45. The molecule has 1 aliphatic heterocycles. The number of carbonyl (C=O) groups excluding carboxylic acids is 1. The van der Waals surface area contributed by atoms with Crippen LogP contribution in [-0.4, -0.2) is 43.5 Å². The molecular weight excluding hydrogens is 354 g/mol. The summed E-state index contributed by atoms with van der Waals surface area (Å²) in [5, 5.41) is 0. The minimum atomic E-state index is -3.70. The number of aromatic nitrogens is 1. The summed E-state index contributed by atoms with van der Waals surface area (Å²) in [7, 11) is -2.12. The predicted molar refractivity (Wildman–Crippen MR) is 97.6 cm³/mol. The van der Waals surface area contributed by atoms with Gasteiger partial charge in [-0.15, -0.1) is 0 Å². The topological polar surface area (TPSA) is 80.6 Å². The van der Waals surface area contributed by atoms with E-state index in [4.69, 9.17) is 4.74 Å². The highest BCUT2D eigenvalue weighted by Gasteiger charge is 2.29. The fourth-order valence-corrected chi connectivity index (χ4v) is 4.01. The number of methoxy groups -OCH3 is 1. The Balaban J connectivity index is 1.76. The van der Waals surface area contributed by atoms with Crippen molar-refractivity contribution in [3.63, 3.8) is 0 Å². The van der Waals surface area contributed by atoms with E-state index in [1.807, 2.05) is 13.8 Å². The molecule has 7 nitrogen and oxygen atoms in total. The SMILES string of the molecule is COc1ccc(CNS(=O)(=O)c2cc3n(c2)CCN(C(C)C)C3=O)cc1. The molecule has 1 N–H and O–H groups in total. The molecule has 1 aliphatic rings. The molecule has 8 heteroatoms. The van der Waals surface area contributed by atoms with Crippen LogP contribution in [0.3, 0.4) is 0 Å². The van der Waals surface area contributed by atoms with E-state index in [-0.39, 0.29) is 23.4 Å². The van der Waals surface area contributed by atoms with Gasteiger partial charge in [-0.2, -0.15) is 0 Å². The summed E-state index contributed by atoms with van der Waals surface area (Å²) in [6.07, 6.45) is 1.53. The predicted octanol–water partition coefficient (Wildman–Crippen LogP) is 1.84. The fourth-order valence-electron chi connectivity index (χ4n) is 2.96. The molecule has 1 aromatic carbocycles. The van der Waals surface area contributed by atoms with Gasteiger partial charge in [-0.3, -0.25) is 4.79 Å². The number of fused-ring (bicyclic) bond motifs is 1. The summed E-state index contributed by atoms with van der Waals surface area (Å²) in [4.78, 5) is 14.4. The number of ether oxygens (including phenoxy) is 1. The highest BCUT2D eigenvalue weighted by Crippen LogP contribution is 2.21. The normalized spacial score (nSPS) is 14.6. The van der Waals surface area contributed by atoms with Gasteiger partial charge >= 0.3 is 0 Å². The Bertz CT molecular complexity index is 901. The molecule has 0 fully saturated rings. The van der Waals surface area contributed by atoms with Crippen LogP contribution in [0.15, 0.2) is 41.4 Å². The van der Waals surface area contributed by atoms with E-state index in [0.29, 0.717) is 24.5 Å². The molecule has 0 bridgehead atoms. The Morgan fingerprint density at radius 3 is 2.50 bits per heavy atom. The van der Waals surface area contributed by atoms with Gasteiger partial charge in [-0.1, -0.05) is 12.1 Å². The molecule has 1 aromatic heterocycles. The number of amides is 1. The smallest absolute Gasteiger partial charge is 0.270 e. The lowest BCUT2D eigenvalue weighted by atomic mass is 10.2. The van der Waals surface area contributed by atoms with Crippen LogP contribution in [0.1, 0.15) is 29.9 Å². The van der Waals surface area contributed by atoms with Crippen molar-refractivity contribution in [1.29, 1.82) is 0 Å². The monoisotopic (exact) mass is 377 g/mol. The molecule has 0 aliphatic carbocycles. The van der Waals surface area contributed by atoms with Gasteiger partial charge in [0.05, 0.1) is 7.11 Å². The van der Waals surface area contributed by atoms with E-state index >= 15 is 0 Å². The number of sulfonamides is 1. The highest BCUT2D eigenvalue weighted by molar-refractivity contribution is 7.89. The van der Waals surface area contributed by atoms with Crippen LogP contribution in [0.4, 0.5) is 0 Å². The molecule has 2 aromatic rings. The average Bonchev–Trinajstić information content (AvgIpc) is 3.07. The molecule has 1 amide bonds. The van der Waals surface area contributed by atoms with Gasteiger partial charge in [0.1, 0.15) is 16.3 Å². The molecular formula is C18H23N3O4S. The summed E-state index contributed by atoms with van der Waals surface area (Å²) in [5.41, 5.74) is 1.23. The Labute approximate surface area is 153 Å². The quantitative estimate of drug-likeness (QED) is 0.833. The maximum Gasteiger partial charge on any atom is 0.270 e. The number of nitrogens with one attached hydrogen (secondary N) is 1. The number of hydrogen-bond acceptors (Lipinski definition) is 4. The fraction of sp³-hybridized carbons (Fsp3) is 0.389. The highest BCUT2D eigenvalue weighted by atomic mass is 32.2. The number of carbonyl (C=O) groups is 1. The van der Waals surface area contributed by atoms with Crippen LogP contribution in [0, 0.1) is 0 Å². The lowest BCUT2D eigenvalue weighted by molar-refractivity contribution is 0.0649. The largest absolute Gasteiger partial charge is 0.497 e. The molecule has 0 saturated heterocycles. The van der Waals surface area contributed by atoms with E-state index in [1.165, 1.54) is 12.3 Å². The van der Waals surface area contributed by atoms with Crippen LogP contribution >= 0.6 is 0 Å². The second kappa shape index (κ2) is 7.13. The average molecular weight is 377 g/mol. The van der Waals surface area contributed by atoms with Gasteiger partial charge in [0.15, 0.2) is 0 Å². The van der Waals surface area contributed by atoms with Gasteiger partial charge in [0, 0.05) is 31.9 Å². The molecule has 140 valence electrons. The van der Waals surface area contributed by atoms with Crippen molar-refractivity contribution in [3.8, 4) is 5.75 Å². The molecule has 0 saturated carbocycles. The van der Waals surface area contributed by atoms with E-state index in [1.54, 1.807) is 40.8 Å². The van der Waals surface area contributed by atoms with Gasteiger partial charge < -0.3 is 14.2 Å². The van der Waals surface area contributed by atoms with E-state index in [0.717, 1.165) is 5.56 Å². The van der Waals surface area contributed by atoms with Crippen LogP contribution in [-0.2, 0) is 23.1 Å². The first kappa shape index (κ1) is 18.5. The first-order chi connectivity index (χ1) is 12.3. The number of benzene rings is 1. The maximum absolute atomic E-state index is 12.6. The number of hydrogen-bond donors (Lipinski definition) is 1. The molecule has 3 rings (SSSR count). The minimum Gasteiger partial charge on any atom is -0.497 e. The van der Waals surface area contributed by atoms with Crippen molar-refractivity contribution >= 4 is 15.9 Å². The van der Waals surface area contributed by atoms with Crippen molar-refractivity contribution in [3.05, 3.63) is 47.8 Å². The summed E-state index contributed by atoms with van der Waals surface area (Å²) >= 11 is 0. The second-order valence-corrected chi connectivity index (χ2v) is 8.29. The second-order valence-electron chi connectivity index (χ2n) is 6.52. The van der Waals surface area contributed by atoms with Crippen LogP contribution in [0.2, 0.25) is 0 Å². The Morgan fingerprint density at radius 1 is 1.19 bits per heavy atom. The Kier molecular flexibility index (Phi) is 5.06. The molecule has 26 heavy (non-hydrogen) atoms. The summed E-state index contributed by atoms with van der Waals surface area (Å²) < 4.78 is 34.6. The Hall–Kier alpha value is -2.32.